The third kappa shape index (κ3) is 12.7. The number of anilines is 1. The Labute approximate surface area is 169 Å². The quantitative estimate of drug-likeness (QED) is 0.373. The summed E-state index contributed by atoms with van der Waals surface area (Å²) in [5.74, 6) is -0.0972. The lowest BCUT2D eigenvalue weighted by Crippen LogP contribution is -2.27. The van der Waals surface area contributed by atoms with E-state index in [1.807, 2.05) is 24.3 Å². The number of nitrogens with one attached hydrogen (secondary N) is 3. The van der Waals surface area contributed by atoms with Gasteiger partial charge in [-0.15, -0.1) is 0 Å². The molecular formula is C21H37N3O4. The molecule has 0 radical (unpaired) electrons. The smallest absolute Gasteiger partial charge is 0.251 e. The highest BCUT2D eigenvalue weighted by molar-refractivity contribution is 5.94. The number of amides is 1. The molecule has 0 saturated heterocycles. The van der Waals surface area contributed by atoms with E-state index in [0.717, 1.165) is 12.2 Å². The van der Waals surface area contributed by atoms with Gasteiger partial charge in [-0.1, -0.05) is 13.8 Å². The van der Waals surface area contributed by atoms with Gasteiger partial charge in [0.05, 0.1) is 39.6 Å². The highest BCUT2D eigenvalue weighted by atomic mass is 16.5. The zero-order valence-corrected chi connectivity index (χ0v) is 17.8. The fourth-order valence-corrected chi connectivity index (χ4v) is 2.35. The SMILES string of the molecule is CC(C)NCCOCCOCCOCCNC(=O)c1ccc(NC(C)C)cc1. The lowest BCUT2D eigenvalue weighted by atomic mass is 10.2. The Balaban J connectivity index is 1.95. The molecular weight excluding hydrogens is 358 g/mol. The molecule has 0 aliphatic carbocycles. The maximum absolute atomic E-state index is 12.1. The Kier molecular flexibility index (Phi) is 13.3. The summed E-state index contributed by atoms with van der Waals surface area (Å²) in [5.41, 5.74) is 1.65. The van der Waals surface area contributed by atoms with Crippen LogP contribution >= 0.6 is 0 Å². The molecule has 0 aromatic heterocycles. The molecule has 7 heteroatoms. The van der Waals surface area contributed by atoms with Crippen molar-refractivity contribution in [1.82, 2.24) is 10.6 Å². The second-order valence-corrected chi connectivity index (χ2v) is 7.08. The monoisotopic (exact) mass is 395 g/mol. The predicted octanol–water partition coefficient (Wildman–Crippen LogP) is 2.28. The van der Waals surface area contributed by atoms with Gasteiger partial charge in [-0.2, -0.15) is 0 Å². The first kappa shape index (κ1) is 24.4. The number of rotatable bonds is 16. The fraction of sp³-hybridized carbons (Fsp3) is 0.667. The molecule has 7 nitrogen and oxygen atoms in total. The van der Waals surface area contributed by atoms with Crippen molar-refractivity contribution in [1.29, 1.82) is 0 Å². The lowest BCUT2D eigenvalue weighted by molar-refractivity contribution is 0.0155. The van der Waals surface area contributed by atoms with Crippen LogP contribution in [0, 0.1) is 0 Å². The van der Waals surface area contributed by atoms with Crippen molar-refractivity contribution < 1.29 is 19.0 Å². The topological polar surface area (TPSA) is 80.8 Å². The predicted molar refractivity (Wildman–Crippen MR) is 113 cm³/mol. The van der Waals surface area contributed by atoms with E-state index in [0.29, 0.717) is 63.8 Å². The van der Waals surface area contributed by atoms with Crippen LogP contribution in [-0.2, 0) is 14.2 Å². The summed E-state index contributed by atoms with van der Waals surface area (Å²) < 4.78 is 16.3. The molecule has 0 bridgehead atoms. The van der Waals surface area contributed by atoms with Gasteiger partial charge in [0, 0.05) is 36.4 Å². The van der Waals surface area contributed by atoms with E-state index in [2.05, 4.69) is 43.6 Å². The van der Waals surface area contributed by atoms with Crippen molar-refractivity contribution in [3.05, 3.63) is 29.8 Å². The molecule has 0 atom stereocenters. The normalized spacial score (nSPS) is 11.2. The molecule has 0 aliphatic heterocycles. The Bertz CT molecular complexity index is 521. The molecule has 1 aromatic rings. The van der Waals surface area contributed by atoms with Crippen molar-refractivity contribution in [2.45, 2.75) is 39.8 Å². The fourth-order valence-electron chi connectivity index (χ4n) is 2.35. The minimum Gasteiger partial charge on any atom is -0.383 e. The van der Waals surface area contributed by atoms with Gasteiger partial charge in [0.2, 0.25) is 0 Å². The van der Waals surface area contributed by atoms with E-state index < -0.39 is 0 Å². The van der Waals surface area contributed by atoms with Crippen molar-refractivity contribution >= 4 is 11.6 Å². The molecule has 1 rings (SSSR count). The number of hydrogen-bond donors (Lipinski definition) is 3. The Morgan fingerprint density at radius 2 is 1.32 bits per heavy atom. The van der Waals surface area contributed by atoms with Crippen LogP contribution in [0.15, 0.2) is 24.3 Å². The largest absolute Gasteiger partial charge is 0.383 e. The van der Waals surface area contributed by atoms with Crippen molar-refractivity contribution in [3.63, 3.8) is 0 Å². The second-order valence-electron chi connectivity index (χ2n) is 7.08. The summed E-state index contributed by atoms with van der Waals surface area (Å²) >= 11 is 0. The number of carbonyl (C=O) groups excluding carboxylic acids is 1. The van der Waals surface area contributed by atoms with E-state index in [-0.39, 0.29) is 5.91 Å². The lowest BCUT2D eigenvalue weighted by Gasteiger charge is -2.11. The molecule has 0 spiro atoms. The minimum atomic E-state index is -0.0972. The summed E-state index contributed by atoms with van der Waals surface area (Å²) in [5, 5.41) is 9.43. The Hall–Kier alpha value is -1.67. The summed E-state index contributed by atoms with van der Waals surface area (Å²) in [6.45, 7) is 13.0. The highest BCUT2D eigenvalue weighted by Crippen LogP contribution is 2.10. The molecule has 0 saturated carbocycles. The van der Waals surface area contributed by atoms with Crippen molar-refractivity contribution in [3.8, 4) is 0 Å². The zero-order valence-electron chi connectivity index (χ0n) is 17.8. The van der Waals surface area contributed by atoms with Crippen molar-refractivity contribution in [2.75, 3.05) is 58.0 Å². The van der Waals surface area contributed by atoms with Gasteiger partial charge in [0.15, 0.2) is 0 Å². The maximum atomic E-state index is 12.1. The first-order valence-corrected chi connectivity index (χ1v) is 10.1. The number of hydrogen-bond acceptors (Lipinski definition) is 6. The average molecular weight is 396 g/mol. The molecule has 0 heterocycles. The molecule has 28 heavy (non-hydrogen) atoms. The van der Waals surface area contributed by atoms with Gasteiger partial charge in [-0.3, -0.25) is 4.79 Å². The van der Waals surface area contributed by atoms with E-state index in [9.17, 15) is 4.79 Å². The van der Waals surface area contributed by atoms with E-state index in [4.69, 9.17) is 14.2 Å². The van der Waals surface area contributed by atoms with Crippen LogP contribution in [0.3, 0.4) is 0 Å². The second kappa shape index (κ2) is 15.3. The number of carbonyl (C=O) groups is 1. The van der Waals surface area contributed by atoms with E-state index in [1.54, 1.807) is 0 Å². The first-order valence-electron chi connectivity index (χ1n) is 10.1. The zero-order chi connectivity index (χ0) is 20.6. The van der Waals surface area contributed by atoms with Gasteiger partial charge in [-0.25, -0.2) is 0 Å². The number of ether oxygens (including phenoxy) is 3. The van der Waals surface area contributed by atoms with Gasteiger partial charge in [0.25, 0.3) is 5.91 Å². The highest BCUT2D eigenvalue weighted by Gasteiger charge is 2.05. The first-order chi connectivity index (χ1) is 13.5. The molecule has 0 unspecified atom stereocenters. The third-order valence-corrected chi connectivity index (χ3v) is 3.68. The van der Waals surface area contributed by atoms with Crippen LogP contribution in [0.5, 0.6) is 0 Å². The van der Waals surface area contributed by atoms with E-state index in [1.165, 1.54) is 0 Å². The van der Waals surface area contributed by atoms with Crippen molar-refractivity contribution in [2.24, 2.45) is 0 Å². The van der Waals surface area contributed by atoms with Gasteiger partial charge in [0.1, 0.15) is 0 Å². The summed E-state index contributed by atoms with van der Waals surface area (Å²) in [4.78, 5) is 12.1. The Morgan fingerprint density at radius 3 is 1.86 bits per heavy atom. The summed E-state index contributed by atoms with van der Waals surface area (Å²) in [6, 6.07) is 8.29. The molecule has 1 aromatic carbocycles. The van der Waals surface area contributed by atoms with Crippen LogP contribution < -0.4 is 16.0 Å². The van der Waals surface area contributed by atoms with E-state index >= 15 is 0 Å². The third-order valence-electron chi connectivity index (χ3n) is 3.68. The average Bonchev–Trinajstić information content (AvgIpc) is 2.65. The van der Waals surface area contributed by atoms with Crippen LogP contribution in [0.4, 0.5) is 5.69 Å². The van der Waals surface area contributed by atoms with Crippen LogP contribution in [0.1, 0.15) is 38.1 Å². The minimum absolute atomic E-state index is 0.0972. The summed E-state index contributed by atoms with van der Waals surface area (Å²) in [7, 11) is 0. The molecule has 0 aliphatic rings. The maximum Gasteiger partial charge on any atom is 0.251 e. The van der Waals surface area contributed by atoms with Gasteiger partial charge in [-0.05, 0) is 38.1 Å². The molecule has 3 N–H and O–H groups in total. The van der Waals surface area contributed by atoms with Crippen LogP contribution in [0.2, 0.25) is 0 Å². The van der Waals surface area contributed by atoms with Crippen LogP contribution in [0.25, 0.3) is 0 Å². The molecule has 160 valence electrons. The Morgan fingerprint density at radius 1 is 0.786 bits per heavy atom. The molecule has 0 fully saturated rings. The molecule has 1 amide bonds. The number of benzene rings is 1. The standard InChI is InChI=1S/C21H37N3O4/c1-17(2)22-9-11-26-13-15-28-16-14-27-12-10-23-21(25)19-5-7-20(8-6-19)24-18(3)4/h5-8,17-18,22,24H,9-16H2,1-4H3,(H,23,25). The van der Waals surface area contributed by atoms with Gasteiger partial charge < -0.3 is 30.2 Å². The van der Waals surface area contributed by atoms with Crippen LogP contribution in [-0.4, -0.2) is 70.7 Å². The van der Waals surface area contributed by atoms with Gasteiger partial charge >= 0.3 is 0 Å². The summed E-state index contributed by atoms with van der Waals surface area (Å²) in [6.07, 6.45) is 0.